The number of hydrogen-bond acceptors (Lipinski definition) is 6. The third kappa shape index (κ3) is 3.09. The molecule has 1 atom stereocenters. The van der Waals surface area contributed by atoms with Gasteiger partial charge in [0.15, 0.2) is 11.2 Å². The lowest BCUT2D eigenvalue weighted by atomic mass is 9.97. The van der Waals surface area contributed by atoms with Crippen LogP contribution >= 0.6 is 0 Å². The molecule has 162 valence electrons. The first-order valence-electron chi connectivity index (χ1n) is 10.6. The molecule has 1 aliphatic rings. The molecule has 7 nitrogen and oxygen atoms in total. The molecule has 4 aromatic rings. The third-order valence-corrected chi connectivity index (χ3v) is 5.69. The highest BCUT2D eigenvalue weighted by molar-refractivity contribution is 6.10. The molecule has 0 bridgehead atoms. The topological polar surface area (TPSA) is 85.8 Å². The van der Waals surface area contributed by atoms with E-state index in [1.54, 1.807) is 19.1 Å². The number of amides is 1. The lowest BCUT2D eigenvalue weighted by Crippen LogP contribution is -2.29. The minimum absolute atomic E-state index is 0.0271. The molecule has 0 N–H and O–H groups in total. The minimum atomic E-state index is -0.715. The number of fused-ring (bicyclic) bond motifs is 2. The second-order valence-electron chi connectivity index (χ2n) is 7.74. The summed E-state index contributed by atoms with van der Waals surface area (Å²) in [6.07, 6.45) is 0.787. The number of aryl methyl sites for hydroxylation is 2. The number of aromatic nitrogens is 1. The molecule has 0 radical (unpaired) electrons. The fourth-order valence-corrected chi connectivity index (χ4v) is 4.20. The van der Waals surface area contributed by atoms with Crippen molar-refractivity contribution >= 4 is 22.7 Å². The van der Waals surface area contributed by atoms with Crippen molar-refractivity contribution in [3.8, 4) is 5.75 Å². The maximum Gasteiger partial charge on any atom is 0.296 e. The minimum Gasteiger partial charge on any atom is -0.494 e. The van der Waals surface area contributed by atoms with Crippen LogP contribution in [-0.4, -0.2) is 17.7 Å². The largest absolute Gasteiger partial charge is 0.494 e. The number of anilines is 1. The Kier molecular flexibility index (Phi) is 4.81. The van der Waals surface area contributed by atoms with Gasteiger partial charge in [0, 0.05) is 6.07 Å². The number of nitrogens with zero attached hydrogens (tertiary/aromatic N) is 2. The summed E-state index contributed by atoms with van der Waals surface area (Å²) < 4.78 is 16.9. The van der Waals surface area contributed by atoms with Gasteiger partial charge >= 0.3 is 0 Å². The first-order chi connectivity index (χ1) is 15.5. The van der Waals surface area contributed by atoms with Crippen molar-refractivity contribution in [1.82, 2.24) is 5.16 Å². The second-order valence-corrected chi connectivity index (χ2v) is 7.74. The van der Waals surface area contributed by atoms with Crippen LogP contribution in [0.4, 0.5) is 5.82 Å². The van der Waals surface area contributed by atoms with E-state index in [9.17, 15) is 9.59 Å². The van der Waals surface area contributed by atoms with E-state index in [1.807, 2.05) is 50.2 Å². The summed E-state index contributed by atoms with van der Waals surface area (Å²) in [5.41, 5.74) is 2.21. The van der Waals surface area contributed by atoms with Gasteiger partial charge in [-0.05, 0) is 55.7 Å². The number of ether oxygens (including phenoxy) is 1. The predicted molar refractivity (Wildman–Crippen MR) is 119 cm³/mol. The molecule has 1 aliphatic heterocycles. The Hall–Kier alpha value is -3.87. The fourth-order valence-electron chi connectivity index (χ4n) is 4.20. The summed E-state index contributed by atoms with van der Waals surface area (Å²) in [6.45, 7) is 6.18. The SMILES string of the molecule is CCOc1cccc(C2c3c(oc4ccc(CC)cc4c3=O)C(=O)N2c2cc(C)on2)c1. The number of hydrogen-bond donors (Lipinski definition) is 0. The van der Waals surface area contributed by atoms with E-state index >= 15 is 0 Å². The monoisotopic (exact) mass is 430 g/mol. The normalized spacial score (nSPS) is 15.4. The van der Waals surface area contributed by atoms with Crippen molar-refractivity contribution in [3.63, 3.8) is 0 Å². The number of benzene rings is 2. The molecule has 0 spiro atoms. The zero-order chi connectivity index (χ0) is 22.4. The first-order valence-corrected chi connectivity index (χ1v) is 10.6. The van der Waals surface area contributed by atoms with Crippen molar-refractivity contribution in [2.45, 2.75) is 33.2 Å². The van der Waals surface area contributed by atoms with E-state index < -0.39 is 11.9 Å². The van der Waals surface area contributed by atoms with Crippen molar-refractivity contribution in [1.29, 1.82) is 0 Å². The van der Waals surface area contributed by atoms with E-state index in [0.717, 1.165) is 17.5 Å². The van der Waals surface area contributed by atoms with Gasteiger partial charge in [-0.2, -0.15) is 0 Å². The lowest BCUT2D eigenvalue weighted by molar-refractivity contribution is 0.0969. The molecule has 2 aromatic heterocycles. The first kappa shape index (κ1) is 20.1. The summed E-state index contributed by atoms with van der Waals surface area (Å²) >= 11 is 0. The van der Waals surface area contributed by atoms with Crippen molar-refractivity contribution < 1.29 is 18.5 Å². The van der Waals surface area contributed by atoms with Crippen LogP contribution in [-0.2, 0) is 6.42 Å². The van der Waals surface area contributed by atoms with Gasteiger partial charge in [0.05, 0.1) is 23.6 Å². The van der Waals surface area contributed by atoms with Crippen LogP contribution in [0.2, 0.25) is 0 Å². The Bertz CT molecular complexity index is 1400. The molecule has 1 amide bonds. The van der Waals surface area contributed by atoms with Gasteiger partial charge in [-0.1, -0.05) is 30.3 Å². The molecule has 32 heavy (non-hydrogen) atoms. The molecule has 0 saturated heterocycles. The van der Waals surface area contributed by atoms with Crippen molar-refractivity contribution in [2.75, 3.05) is 11.5 Å². The van der Waals surface area contributed by atoms with Crippen LogP contribution in [0.3, 0.4) is 0 Å². The summed E-state index contributed by atoms with van der Waals surface area (Å²) in [7, 11) is 0. The quantitative estimate of drug-likeness (QED) is 0.452. The third-order valence-electron chi connectivity index (χ3n) is 5.69. The molecule has 2 aromatic carbocycles. The Morgan fingerprint density at radius 2 is 1.94 bits per heavy atom. The molecule has 5 rings (SSSR count). The molecular formula is C25H22N2O5. The summed E-state index contributed by atoms with van der Waals surface area (Å²) in [4.78, 5) is 28.7. The molecule has 1 unspecified atom stereocenters. The average Bonchev–Trinajstić information content (AvgIpc) is 3.35. The molecule has 7 heteroatoms. The Balaban J connectivity index is 1.79. The summed E-state index contributed by atoms with van der Waals surface area (Å²) in [6, 6.07) is 13.8. The van der Waals surface area contributed by atoms with E-state index in [2.05, 4.69) is 5.16 Å². The average molecular weight is 430 g/mol. The fraction of sp³-hybridized carbons (Fsp3) is 0.240. The molecule has 3 heterocycles. The van der Waals surface area contributed by atoms with Crippen LogP contribution in [0.1, 0.15) is 52.9 Å². The highest BCUT2D eigenvalue weighted by atomic mass is 16.5. The smallest absolute Gasteiger partial charge is 0.296 e. The number of carbonyl (C=O) groups is 1. The second kappa shape index (κ2) is 7.67. The van der Waals surface area contributed by atoms with Crippen LogP contribution < -0.4 is 15.1 Å². The van der Waals surface area contributed by atoms with Gasteiger partial charge in [-0.25, -0.2) is 0 Å². The van der Waals surface area contributed by atoms with Gasteiger partial charge in [-0.15, -0.1) is 0 Å². The molecule has 0 fully saturated rings. The summed E-state index contributed by atoms with van der Waals surface area (Å²) in [5, 5.41) is 4.51. The predicted octanol–water partition coefficient (Wildman–Crippen LogP) is 4.80. The van der Waals surface area contributed by atoms with Gasteiger partial charge in [-0.3, -0.25) is 14.5 Å². The zero-order valence-corrected chi connectivity index (χ0v) is 18.0. The maximum absolute atomic E-state index is 13.7. The summed E-state index contributed by atoms with van der Waals surface area (Å²) in [5.74, 6) is 1.13. The van der Waals surface area contributed by atoms with Gasteiger partial charge in [0.2, 0.25) is 5.76 Å². The lowest BCUT2D eigenvalue weighted by Gasteiger charge is -2.22. The highest BCUT2D eigenvalue weighted by Crippen LogP contribution is 2.41. The van der Waals surface area contributed by atoms with Crippen LogP contribution in [0.5, 0.6) is 5.75 Å². The molecule has 0 aliphatic carbocycles. The van der Waals surface area contributed by atoms with E-state index in [0.29, 0.717) is 40.5 Å². The Morgan fingerprint density at radius 1 is 1.09 bits per heavy atom. The van der Waals surface area contributed by atoms with E-state index in [4.69, 9.17) is 13.7 Å². The van der Waals surface area contributed by atoms with Crippen molar-refractivity contribution in [2.24, 2.45) is 0 Å². The van der Waals surface area contributed by atoms with E-state index in [-0.39, 0.29) is 11.2 Å². The van der Waals surface area contributed by atoms with Gasteiger partial charge in [0.1, 0.15) is 17.1 Å². The van der Waals surface area contributed by atoms with Gasteiger partial charge in [0.25, 0.3) is 5.91 Å². The zero-order valence-electron chi connectivity index (χ0n) is 18.0. The molecule has 0 saturated carbocycles. The molecular weight excluding hydrogens is 408 g/mol. The standard InChI is InChI=1S/C25H22N2O5/c1-4-15-9-10-19-18(12-15)23(28)21-22(16-7-6-8-17(13-16)30-5-2)27(25(29)24(21)31-19)20-11-14(3)32-26-20/h6-13,22H,4-5H2,1-3H3. The van der Waals surface area contributed by atoms with Crippen LogP contribution in [0, 0.1) is 6.92 Å². The Labute approximate surface area is 184 Å². The number of carbonyl (C=O) groups excluding carboxylic acids is 1. The van der Waals surface area contributed by atoms with Crippen molar-refractivity contribution in [3.05, 3.63) is 87.0 Å². The van der Waals surface area contributed by atoms with E-state index in [1.165, 1.54) is 4.90 Å². The highest BCUT2D eigenvalue weighted by Gasteiger charge is 2.45. The van der Waals surface area contributed by atoms with Gasteiger partial charge < -0.3 is 13.7 Å². The Morgan fingerprint density at radius 3 is 2.66 bits per heavy atom. The number of rotatable bonds is 5. The maximum atomic E-state index is 13.7. The van der Waals surface area contributed by atoms with Crippen LogP contribution in [0.15, 0.2) is 62.3 Å². The van der Waals surface area contributed by atoms with Crippen LogP contribution in [0.25, 0.3) is 11.0 Å².